The van der Waals surface area contributed by atoms with E-state index in [2.05, 4.69) is 20.3 Å². The van der Waals surface area contributed by atoms with Gasteiger partial charge in [0.2, 0.25) is 0 Å². The topological polar surface area (TPSA) is 103 Å². The third kappa shape index (κ3) is 2.98. The number of H-pyrrole nitrogens is 1. The molecule has 0 spiro atoms. The molecule has 1 atom stereocenters. The van der Waals surface area contributed by atoms with Crippen molar-refractivity contribution in [3.05, 3.63) is 36.3 Å². The lowest BCUT2D eigenvalue weighted by Gasteiger charge is -2.12. The molecule has 2 aromatic heterocycles. The van der Waals surface area contributed by atoms with Gasteiger partial charge in [0.1, 0.15) is 11.6 Å². The summed E-state index contributed by atoms with van der Waals surface area (Å²) in [5.41, 5.74) is 2.48. The molecule has 1 fully saturated rings. The predicted octanol–water partition coefficient (Wildman–Crippen LogP) is 2.01. The van der Waals surface area contributed by atoms with Gasteiger partial charge in [-0.1, -0.05) is 12.1 Å². The maximum atomic E-state index is 11.9. The quantitative estimate of drug-likeness (QED) is 0.750. The molecule has 8 nitrogen and oxygen atoms in total. The molecule has 1 N–H and O–H groups in total. The number of aryl methyl sites for hydroxylation is 1. The van der Waals surface area contributed by atoms with Gasteiger partial charge in [0.05, 0.1) is 42.1 Å². The van der Waals surface area contributed by atoms with Crippen LogP contribution in [0.1, 0.15) is 18.3 Å². The smallest absolute Gasteiger partial charge is 0.162 e. The number of aromatic nitrogens is 5. The molecule has 1 saturated heterocycles. The molecular formula is C17H19N5O3S. The number of ether oxygens (including phenoxy) is 1. The zero-order valence-electron chi connectivity index (χ0n) is 14.5. The molecular weight excluding hydrogens is 354 g/mol. The molecule has 3 aromatic rings. The molecule has 0 aliphatic carbocycles. The average Bonchev–Trinajstić information content (AvgIpc) is 3.32. The second-order valence-electron chi connectivity index (χ2n) is 6.37. The summed E-state index contributed by atoms with van der Waals surface area (Å²) in [5, 5.41) is 11.6. The number of methoxy groups -OCH3 is 1. The fourth-order valence-corrected chi connectivity index (χ4v) is 4.98. The van der Waals surface area contributed by atoms with Gasteiger partial charge in [-0.3, -0.25) is 5.10 Å². The zero-order valence-corrected chi connectivity index (χ0v) is 15.3. The Bertz CT molecular complexity index is 1050. The number of rotatable bonds is 4. The third-order valence-electron chi connectivity index (χ3n) is 4.53. The van der Waals surface area contributed by atoms with Crippen molar-refractivity contribution in [3.8, 4) is 28.4 Å². The highest BCUT2D eigenvalue weighted by molar-refractivity contribution is 7.91. The second-order valence-corrected chi connectivity index (χ2v) is 8.60. The third-order valence-corrected chi connectivity index (χ3v) is 6.28. The fourth-order valence-electron chi connectivity index (χ4n) is 3.29. The van der Waals surface area contributed by atoms with Crippen molar-refractivity contribution >= 4 is 9.84 Å². The van der Waals surface area contributed by atoms with Gasteiger partial charge in [-0.15, -0.1) is 0 Å². The van der Waals surface area contributed by atoms with Crippen LogP contribution in [0.2, 0.25) is 0 Å². The molecule has 26 heavy (non-hydrogen) atoms. The van der Waals surface area contributed by atoms with Crippen LogP contribution >= 0.6 is 0 Å². The van der Waals surface area contributed by atoms with E-state index < -0.39 is 9.84 Å². The molecule has 0 unspecified atom stereocenters. The normalized spacial score (nSPS) is 18.9. The monoisotopic (exact) mass is 373 g/mol. The van der Waals surface area contributed by atoms with Crippen LogP contribution in [0.4, 0.5) is 0 Å². The Balaban J connectivity index is 1.80. The first-order valence-corrected chi connectivity index (χ1v) is 10.1. The molecule has 1 aliphatic rings. The Kier molecular flexibility index (Phi) is 4.03. The number of nitrogens with zero attached hydrogens (tertiary/aromatic N) is 4. The molecule has 9 heteroatoms. The minimum atomic E-state index is -3.02. The molecule has 1 aromatic carbocycles. The number of aromatic amines is 1. The average molecular weight is 373 g/mol. The lowest BCUT2D eigenvalue weighted by Crippen LogP contribution is -2.14. The largest absolute Gasteiger partial charge is 0.497 e. The summed E-state index contributed by atoms with van der Waals surface area (Å²) in [4.78, 5) is 4.54. The molecule has 0 radical (unpaired) electrons. The SMILES string of the molecule is COc1cccc(-c2[nH]ncc2-c2nc(C)nn2[C@H]2CCS(=O)(=O)C2)c1. The second kappa shape index (κ2) is 6.24. The minimum Gasteiger partial charge on any atom is -0.497 e. The molecule has 136 valence electrons. The van der Waals surface area contributed by atoms with Gasteiger partial charge in [0.25, 0.3) is 0 Å². The van der Waals surface area contributed by atoms with Crippen molar-refractivity contribution in [2.45, 2.75) is 19.4 Å². The lowest BCUT2D eigenvalue weighted by atomic mass is 10.1. The van der Waals surface area contributed by atoms with E-state index in [1.807, 2.05) is 24.3 Å². The van der Waals surface area contributed by atoms with Crippen LogP contribution in [0.15, 0.2) is 30.5 Å². The highest BCUT2D eigenvalue weighted by atomic mass is 32.2. The number of sulfone groups is 1. The zero-order chi connectivity index (χ0) is 18.3. The predicted molar refractivity (Wildman–Crippen MR) is 96.6 cm³/mol. The Labute approximate surface area is 151 Å². The van der Waals surface area contributed by atoms with E-state index in [4.69, 9.17) is 4.74 Å². The first-order chi connectivity index (χ1) is 12.5. The molecule has 0 bridgehead atoms. The van der Waals surface area contributed by atoms with Crippen molar-refractivity contribution in [1.82, 2.24) is 25.0 Å². The number of hydrogen-bond acceptors (Lipinski definition) is 6. The van der Waals surface area contributed by atoms with Gasteiger partial charge in [0.15, 0.2) is 15.7 Å². The molecule has 0 saturated carbocycles. The first-order valence-electron chi connectivity index (χ1n) is 8.28. The Morgan fingerprint density at radius 1 is 1.35 bits per heavy atom. The van der Waals surface area contributed by atoms with Crippen LogP contribution in [0.5, 0.6) is 5.75 Å². The van der Waals surface area contributed by atoms with E-state index in [1.165, 1.54) is 0 Å². The number of benzene rings is 1. The summed E-state index contributed by atoms with van der Waals surface area (Å²) in [6.07, 6.45) is 2.24. The maximum absolute atomic E-state index is 11.9. The fraction of sp³-hybridized carbons (Fsp3) is 0.353. The molecule has 1 aliphatic heterocycles. The van der Waals surface area contributed by atoms with Crippen LogP contribution in [-0.2, 0) is 9.84 Å². The standard InChI is InChI=1S/C17H19N5O3S/c1-11-19-17(22(21-11)13-6-7-26(23,24)10-13)15-9-18-20-16(15)12-4-3-5-14(8-12)25-2/h3-5,8-9,13H,6-7,10H2,1-2H3,(H,18,20)/t13-/m0/s1. The van der Waals surface area contributed by atoms with Crippen molar-refractivity contribution in [2.24, 2.45) is 0 Å². The number of hydrogen-bond donors (Lipinski definition) is 1. The minimum absolute atomic E-state index is 0.0924. The highest BCUT2D eigenvalue weighted by Crippen LogP contribution is 2.34. The van der Waals surface area contributed by atoms with Gasteiger partial charge >= 0.3 is 0 Å². The van der Waals surface area contributed by atoms with E-state index in [9.17, 15) is 8.42 Å². The van der Waals surface area contributed by atoms with E-state index in [-0.39, 0.29) is 17.5 Å². The first kappa shape index (κ1) is 16.8. The van der Waals surface area contributed by atoms with Crippen LogP contribution in [-0.4, -0.2) is 52.0 Å². The molecule has 3 heterocycles. The Morgan fingerprint density at radius 3 is 2.92 bits per heavy atom. The molecule has 4 rings (SSSR count). The summed E-state index contributed by atoms with van der Waals surface area (Å²) >= 11 is 0. The van der Waals surface area contributed by atoms with Gasteiger partial charge in [-0.2, -0.15) is 10.2 Å². The van der Waals surface area contributed by atoms with Gasteiger partial charge in [0, 0.05) is 5.56 Å². The summed E-state index contributed by atoms with van der Waals surface area (Å²) in [6, 6.07) is 7.43. The summed E-state index contributed by atoms with van der Waals surface area (Å²) < 4.78 is 30.8. The van der Waals surface area contributed by atoms with Crippen molar-refractivity contribution in [1.29, 1.82) is 0 Å². The van der Waals surface area contributed by atoms with Crippen LogP contribution in [0.3, 0.4) is 0 Å². The summed E-state index contributed by atoms with van der Waals surface area (Å²) in [5.74, 6) is 2.24. The molecule has 0 amide bonds. The Hall–Kier alpha value is -2.68. The van der Waals surface area contributed by atoms with Crippen LogP contribution in [0, 0.1) is 6.92 Å². The Morgan fingerprint density at radius 2 is 2.19 bits per heavy atom. The van der Waals surface area contributed by atoms with E-state index in [0.29, 0.717) is 18.1 Å². The van der Waals surface area contributed by atoms with Crippen molar-refractivity contribution in [2.75, 3.05) is 18.6 Å². The lowest BCUT2D eigenvalue weighted by molar-refractivity contribution is 0.415. The van der Waals surface area contributed by atoms with Gasteiger partial charge in [-0.25, -0.2) is 18.1 Å². The maximum Gasteiger partial charge on any atom is 0.162 e. The van der Waals surface area contributed by atoms with Gasteiger partial charge < -0.3 is 4.74 Å². The highest BCUT2D eigenvalue weighted by Gasteiger charge is 2.32. The van der Waals surface area contributed by atoms with Crippen LogP contribution < -0.4 is 4.74 Å². The summed E-state index contributed by atoms with van der Waals surface area (Å²) in [7, 11) is -1.40. The van der Waals surface area contributed by atoms with Gasteiger partial charge in [-0.05, 0) is 25.5 Å². The van der Waals surface area contributed by atoms with Crippen molar-refractivity contribution < 1.29 is 13.2 Å². The van der Waals surface area contributed by atoms with Crippen LogP contribution in [0.25, 0.3) is 22.6 Å². The number of nitrogens with one attached hydrogen (secondary N) is 1. The van der Waals surface area contributed by atoms with E-state index in [0.717, 1.165) is 22.6 Å². The van der Waals surface area contributed by atoms with E-state index in [1.54, 1.807) is 24.9 Å². The van der Waals surface area contributed by atoms with E-state index >= 15 is 0 Å². The summed E-state index contributed by atoms with van der Waals surface area (Å²) in [6.45, 7) is 1.80. The van der Waals surface area contributed by atoms with Crippen molar-refractivity contribution in [3.63, 3.8) is 0 Å².